The van der Waals surface area contributed by atoms with Crippen LogP contribution in [0.5, 0.6) is 0 Å². The van der Waals surface area contributed by atoms with Crippen molar-refractivity contribution in [3.05, 3.63) is 36.0 Å². The Morgan fingerprint density at radius 2 is 2.25 bits per heavy atom. The lowest BCUT2D eigenvalue weighted by molar-refractivity contribution is -0.125. The lowest BCUT2D eigenvalue weighted by Gasteiger charge is -2.24. The first-order chi connectivity index (χ1) is 11.6. The van der Waals surface area contributed by atoms with Crippen LogP contribution in [0.25, 0.3) is 10.9 Å². The second kappa shape index (κ2) is 7.27. The number of thioether (sulfide) groups is 1. The molecule has 128 valence electrons. The maximum absolute atomic E-state index is 12.9. The molecule has 1 aromatic carbocycles. The second-order valence-electron chi connectivity index (χ2n) is 5.90. The molecular weight excluding hydrogens is 326 g/mol. The number of methoxy groups -OCH3 is 1. The molecule has 2 atom stereocenters. The van der Waals surface area contributed by atoms with Crippen molar-refractivity contribution in [1.29, 1.82) is 0 Å². The van der Waals surface area contributed by atoms with Gasteiger partial charge in [-0.3, -0.25) is 9.59 Å². The van der Waals surface area contributed by atoms with E-state index in [1.54, 1.807) is 30.0 Å². The van der Waals surface area contributed by atoms with Crippen LogP contribution in [0.15, 0.2) is 30.5 Å². The summed E-state index contributed by atoms with van der Waals surface area (Å²) in [6.45, 7) is 2.33. The smallest absolute Gasteiger partial charge is 0.257 e. The van der Waals surface area contributed by atoms with Crippen LogP contribution in [0, 0.1) is 0 Å². The molecule has 1 fully saturated rings. The first-order valence-corrected chi connectivity index (χ1v) is 9.01. The number of aromatic nitrogens is 1. The highest BCUT2D eigenvalue weighted by Crippen LogP contribution is 2.26. The van der Waals surface area contributed by atoms with E-state index in [0.29, 0.717) is 23.8 Å². The monoisotopic (exact) mass is 347 g/mol. The molecule has 0 bridgehead atoms. The summed E-state index contributed by atoms with van der Waals surface area (Å²) >= 11 is 1.59. The summed E-state index contributed by atoms with van der Waals surface area (Å²) in [5.41, 5.74) is 1.53. The van der Waals surface area contributed by atoms with Crippen molar-refractivity contribution >= 4 is 34.5 Å². The Morgan fingerprint density at radius 3 is 3.04 bits per heavy atom. The number of H-pyrrole nitrogens is 1. The average molecular weight is 347 g/mol. The van der Waals surface area contributed by atoms with Gasteiger partial charge in [0.25, 0.3) is 5.91 Å². The van der Waals surface area contributed by atoms with E-state index < -0.39 is 6.04 Å². The molecule has 2 N–H and O–H groups in total. The Balaban J connectivity index is 1.77. The van der Waals surface area contributed by atoms with Crippen LogP contribution < -0.4 is 5.32 Å². The zero-order valence-corrected chi connectivity index (χ0v) is 14.6. The summed E-state index contributed by atoms with van der Waals surface area (Å²) in [6.07, 6.45) is 1.72. The standard InChI is InChI=1S/C17H21N3O3S/c1-11(8-23-2)19-16(21)15-9-24-10-20(15)17(22)13-7-18-14-6-4-3-5-12(13)14/h3-7,11,15,18H,8-10H2,1-2H3,(H,19,21)/t11-,15-/m1/s1. The number of nitrogens with zero attached hydrogens (tertiary/aromatic N) is 1. The van der Waals surface area contributed by atoms with Gasteiger partial charge >= 0.3 is 0 Å². The molecule has 1 aliphatic rings. The fourth-order valence-electron chi connectivity index (χ4n) is 2.89. The molecule has 0 saturated carbocycles. The number of aromatic amines is 1. The summed E-state index contributed by atoms with van der Waals surface area (Å²) < 4.78 is 5.04. The summed E-state index contributed by atoms with van der Waals surface area (Å²) in [5, 5.41) is 3.79. The van der Waals surface area contributed by atoms with Crippen LogP contribution in [0.2, 0.25) is 0 Å². The van der Waals surface area contributed by atoms with E-state index in [9.17, 15) is 9.59 Å². The maximum atomic E-state index is 12.9. The second-order valence-corrected chi connectivity index (χ2v) is 6.90. The maximum Gasteiger partial charge on any atom is 0.257 e. The van der Waals surface area contributed by atoms with E-state index in [2.05, 4.69) is 10.3 Å². The molecule has 2 aromatic rings. The molecule has 2 heterocycles. The third kappa shape index (κ3) is 3.27. The number of ether oxygens (including phenoxy) is 1. The summed E-state index contributed by atoms with van der Waals surface area (Å²) in [4.78, 5) is 30.2. The number of rotatable bonds is 5. The summed E-state index contributed by atoms with van der Waals surface area (Å²) in [6, 6.07) is 7.14. The van der Waals surface area contributed by atoms with Gasteiger partial charge in [0.15, 0.2) is 0 Å². The molecule has 0 spiro atoms. The zero-order chi connectivity index (χ0) is 17.1. The van der Waals surface area contributed by atoms with E-state index in [1.807, 2.05) is 31.2 Å². The van der Waals surface area contributed by atoms with Gasteiger partial charge in [-0.25, -0.2) is 0 Å². The van der Waals surface area contributed by atoms with Crippen molar-refractivity contribution in [1.82, 2.24) is 15.2 Å². The Kier molecular flexibility index (Phi) is 5.11. The minimum Gasteiger partial charge on any atom is -0.383 e. The van der Waals surface area contributed by atoms with Crippen molar-refractivity contribution in [2.24, 2.45) is 0 Å². The van der Waals surface area contributed by atoms with E-state index in [0.717, 1.165) is 10.9 Å². The SMILES string of the molecule is COC[C@@H](C)NC(=O)[C@H]1CSCN1C(=O)c1c[nH]c2ccccc12. The number of hydrogen-bond donors (Lipinski definition) is 2. The van der Waals surface area contributed by atoms with Gasteiger partial charge in [0, 0.05) is 36.0 Å². The normalized spacial score (nSPS) is 18.8. The molecule has 0 aliphatic carbocycles. The molecular formula is C17H21N3O3S. The number of carbonyl (C=O) groups excluding carboxylic acids is 2. The van der Waals surface area contributed by atoms with Gasteiger partial charge in [0.2, 0.25) is 5.91 Å². The highest BCUT2D eigenvalue weighted by molar-refractivity contribution is 7.99. The molecule has 0 unspecified atom stereocenters. The highest BCUT2D eigenvalue weighted by atomic mass is 32.2. The van der Waals surface area contributed by atoms with Crippen LogP contribution in [-0.2, 0) is 9.53 Å². The van der Waals surface area contributed by atoms with Gasteiger partial charge in [-0.2, -0.15) is 0 Å². The Hall–Kier alpha value is -1.99. The molecule has 2 amide bonds. The highest BCUT2D eigenvalue weighted by Gasteiger charge is 2.36. The van der Waals surface area contributed by atoms with Gasteiger partial charge in [-0.15, -0.1) is 11.8 Å². The van der Waals surface area contributed by atoms with Crippen molar-refractivity contribution < 1.29 is 14.3 Å². The number of para-hydroxylation sites is 1. The minimum absolute atomic E-state index is 0.0851. The van der Waals surface area contributed by atoms with E-state index in [1.165, 1.54) is 0 Å². The predicted molar refractivity (Wildman–Crippen MR) is 95.1 cm³/mol. The molecule has 3 rings (SSSR count). The number of nitrogens with one attached hydrogen (secondary N) is 2. The number of hydrogen-bond acceptors (Lipinski definition) is 4. The van der Waals surface area contributed by atoms with Crippen molar-refractivity contribution in [3.63, 3.8) is 0 Å². The number of carbonyl (C=O) groups is 2. The quantitative estimate of drug-likeness (QED) is 0.865. The lowest BCUT2D eigenvalue weighted by atomic mass is 10.1. The third-order valence-electron chi connectivity index (χ3n) is 4.07. The lowest BCUT2D eigenvalue weighted by Crippen LogP contribution is -2.50. The van der Waals surface area contributed by atoms with Gasteiger partial charge in [-0.1, -0.05) is 18.2 Å². The van der Waals surface area contributed by atoms with Crippen LogP contribution in [0.3, 0.4) is 0 Å². The molecule has 6 nitrogen and oxygen atoms in total. The van der Waals surface area contributed by atoms with Gasteiger partial charge in [0.1, 0.15) is 6.04 Å². The predicted octanol–water partition coefficient (Wildman–Crippen LogP) is 1.83. The molecule has 1 aliphatic heterocycles. The molecule has 7 heteroatoms. The van der Waals surface area contributed by atoms with Crippen LogP contribution >= 0.6 is 11.8 Å². The van der Waals surface area contributed by atoms with Gasteiger partial charge in [-0.05, 0) is 13.0 Å². The van der Waals surface area contributed by atoms with Crippen molar-refractivity contribution in [2.75, 3.05) is 25.3 Å². The fraction of sp³-hybridized carbons (Fsp3) is 0.412. The van der Waals surface area contributed by atoms with Crippen LogP contribution in [-0.4, -0.2) is 59.1 Å². The zero-order valence-electron chi connectivity index (χ0n) is 13.7. The van der Waals surface area contributed by atoms with E-state index in [4.69, 9.17) is 4.74 Å². The van der Waals surface area contributed by atoms with Crippen LogP contribution in [0.1, 0.15) is 17.3 Å². The first-order valence-electron chi connectivity index (χ1n) is 7.86. The molecule has 1 saturated heterocycles. The van der Waals surface area contributed by atoms with Crippen molar-refractivity contribution in [3.8, 4) is 0 Å². The summed E-state index contributed by atoms with van der Waals surface area (Å²) in [5.74, 6) is 0.893. The number of benzene rings is 1. The largest absolute Gasteiger partial charge is 0.383 e. The number of fused-ring (bicyclic) bond motifs is 1. The first kappa shape index (κ1) is 16.9. The average Bonchev–Trinajstić information content (AvgIpc) is 3.21. The Morgan fingerprint density at radius 1 is 1.46 bits per heavy atom. The van der Waals surface area contributed by atoms with Crippen LogP contribution in [0.4, 0.5) is 0 Å². The Bertz CT molecular complexity index is 746. The van der Waals surface area contributed by atoms with Gasteiger partial charge < -0.3 is 19.9 Å². The van der Waals surface area contributed by atoms with E-state index >= 15 is 0 Å². The molecule has 24 heavy (non-hydrogen) atoms. The van der Waals surface area contributed by atoms with Gasteiger partial charge in [0.05, 0.1) is 18.0 Å². The number of amides is 2. The van der Waals surface area contributed by atoms with E-state index in [-0.39, 0.29) is 17.9 Å². The summed E-state index contributed by atoms with van der Waals surface area (Å²) in [7, 11) is 1.60. The third-order valence-corrected chi connectivity index (χ3v) is 5.08. The topological polar surface area (TPSA) is 74.4 Å². The molecule has 0 radical (unpaired) electrons. The van der Waals surface area contributed by atoms with Crippen molar-refractivity contribution in [2.45, 2.75) is 19.0 Å². The fourth-order valence-corrected chi connectivity index (χ4v) is 4.05. The molecule has 1 aromatic heterocycles. The Labute approximate surface area is 144 Å². The minimum atomic E-state index is -0.449.